The van der Waals surface area contributed by atoms with Gasteiger partial charge in [0.25, 0.3) is 5.91 Å². The second-order valence-corrected chi connectivity index (χ2v) is 15.9. The number of esters is 1. The van der Waals surface area contributed by atoms with Crippen LogP contribution >= 0.6 is 27.5 Å². The molecule has 2 aromatic carbocycles. The number of carbonyl (C=O) groups is 4. The number of nitrogens with one attached hydrogen (secondary N) is 1. The van der Waals surface area contributed by atoms with Crippen molar-refractivity contribution in [3.05, 3.63) is 90.0 Å². The fourth-order valence-electron chi connectivity index (χ4n) is 8.25. The van der Waals surface area contributed by atoms with Crippen molar-refractivity contribution in [3.63, 3.8) is 0 Å². The number of methoxy groups -OCH3 is 1. The molecule has 0 aliphatic carbocycles. The molecule has 2 aromatic rings. The van der Waals surface area contributed by atoms with E-state index in [4.69, 9.17) is 25.8 Å². The number of halogens is 2. The first kappa shape index (κ1) is 40.6. The zero-order valence-electron chi connectivity index (χ0n) is 30.6. The second kappa shape index (κ2) is 17.3. The van der Waals surface area contributed by atoms with Crippen molar-refractivity contribution in [2.45, 2.75) is 80.8 Å². The summed E-state index contributed by atoms with van der Waals surface area (Å²) in [5.74, 6) is -4.39. The molecule has 3 saturated heterocycles. The maximum Gasteiger partial charge on any atom is 0.313 e. The average Bonchev–Trinajstić information content (AvgIpc) is 3.72. The van der Waals surface area contributed by atoms with Crippen LogP contribution in [-0.4, -0.2) is 95.2 Å². The van der Waals surface area contributed by atoms with Gasteiger partial charge in [-0.2, -0.15) is 0 Å². The Kier molecular flexibility index (Phi) is 13.2. The van der Waals surface area contributed by atoms with E-state index in [1.165, 1.54) is 16.9 Å². The Morgan fingerprint density at radius 1 is 1.17 bits per heavy atom. The van der Waals surface area contributed by atoms with Crippen molar-refractivity contribution in [2.75, 3.05) is 31.8 Å². The van der Waals surface area contributed by atoms with Crippen LogP contribution < -0.4 is 10.2 Å². The Balaban J connectivity index is 1.58. The lowest BCUT2D eigenvalue weighted by molar-refractivity contribution is -0.163. The lowest BCUT2D eigenvalue weighted by Crippen LogP contribution is -2.60. The molecule has 0 radical (unpaired) electrons. The number of anilines is 1. The van der Waals surface area contributed by atoms with Gasteiger partial charge in [0.1, 0.15) is 17.7 Å². The first-order chi connectivity index (χ1) is 25.4. The number of hydrogen-bond acceptors (Lipinski definition) is 8. The van der Waals surface area contributed by atoms with Crippen LogP contribution in [0.4, 0.5) is 5.69 Å². The molecule has 1 spiro atoms. The minimum atomic E-state index is -1.44. The van der Waals surface area contributed by atoms with Gasteiger partial charge in [0, 0.05) is 24.9 Å². The van der Waals surface area contributed by atoms with Gasteiger partial charge in [0.05, 0.1) is 53.9 Å². The van der Waals surface area contributed by atoms with Gasteiger partial charge < -0.3 is 34.4 Å². The van der Waals surface area contributed by atoms with E-state index in [1.807, 2.05) is 32.9 Å². The Hall–Kier alpha value is -3.55. The molecule has 9 atom stereocenters. The number of nitrogens with zero attached hydrogens (tertiary/aromatic N) is 2. The third-order valence-corrected chi connectivity index (χ3v) is 11.7. The normalized spacial score (nSPS) is 26.2. The molecule has 3 heterocycles. The highest BCUT2D eigenvalue weighted by molar-refractivity contribution is 9.09. The number of para-hydroxylation sites is 1. The van der Waals surface area contributed by atoms with Crippen molar-refractivity contribution in [1.29, 1.82) is 0 Å². The number of carbonyl (C=O) groups excluding carboxylic acids is 4. The number of fused-ring (bicyclic) bond motifs is 1. The number of aryl methyl sites for hydroxylation is 1. The molecule has 3 aliphatic heterocycles. The molecule has 2 N–H and O–H groups in total. The number of alkyl halides is 1. The van der Waals surface area contributed by atoms with Gasteiger partial charge in [0.2, 0.25) is 11.8 Å². The van der Waals surface area contributed by atoms with Gasteiger partial charge in [-0.05, 0) is 42.9 Å². The fraction of sp³-hybridized carbons (Fsp3) is 0.500. The van der Waals surface area contributed by atoms with E-state index in [-0.39, 0.29) is 37.8 Å². The number of ether oxygens (including phenoxy) is 3. The van der Waals surface area contributed by atoms with Crippen molar-refractivity contribution < 1.29 is 38.5 Å². The van der Waals surface area contributed by atoms with E-state index in [9.17, 15) is 19.5 Å². The van der Waals surface area contributed by atoms with Crippen LogP contribution in [0, 0.1) is 24.7 Å². The highest BCUT2D eigenvalue weighted by Crippen LogP contribution is 2.61. The summed E-state index contributed by atoms with van der Waals surface area (Å²) in [4.78, 5) is 60.2. The molecule has 286 valence electrons. The molecule has 5 rings (SSSR count). The van der Waals surface area contributed by atoms with Crippen LogP contribution in [0.3, 0.4) is 0 Å². The summed E-state index contributed by atoms with van der Waals surface area (Å²) < 4.78 is 18.6. The lowest BCUT2D eigenvalue weighted by atomic mass is 9.70. The number of hydrogen-bond donors (Lipinski definition) is 2. The summed E-state index contributed by atoms with van der Waals surface area (Å²) in [6.45, 7) is 12.8. The third kappa shape index (κ3) is 7.71. The maximum atomic E-state index is 15.1. The summed E-state index contributed by atoms with van der Waals surface area (Å²) in [7, 11) is 1.49. The third-order valence-electron chi connectivity index (χ3n) is 10.6. The summed E-state index contributed by atoms with van der Waals surface area (Å²) in [6.07, 6.45) is 2.33. The summed E-state index contributed by atoms with van der Waals surface area (Å²) in [5.41, 5.74) is 0.385. The van der Waals surface area contributed by atoms with E-state index in [0.29, 0.717) is 22.7 Å². The standard InChI is InChI=1S/C40H49BrClN3O8/c1-7-9-18-30(47)43-28(22-51-6)34(25-15-11-10-12-16-25)52-39(50)31-32-37(48)45(29(21-46)23(3)4)36(40(32)20-26(41)35(31)53-40)38(49)44(19-8-2)33-24(5)14-13-17-27(33)42/h7-8,10-17,23,26,28-29,31-32,34-36,46H,1-2,9,18-22H2,3-6H3,(H,43,47)/t26?,28-,29-,31-,32+,34-,35-,36-,40+/m0/s1. The lowest BCUT2D eigenvalue weighted by Gasteiger charge is -2.40. The van der Waals surface area contributed by atoms with Gasteiger partial charge in [-0.15, -0.1) is 13.2 Å². The number of allylic oxidation sites excluding steroid dienone is 1. The maximum absolute atomic E-state index is 15.1. The van der Waals surface area contributed by atoms with Crippen molar-refractivity contribution in [1.82, 2.24) is 10.2 Å². The van der Waals surface area contributed by atoms with Gasteiger partial charge in [0.15, 0.2) is 0 Å². The summed E-state index contributed by atoms with van der Waals surface area (Å²) >= 11 is 10.4. The van der Waals surface area contributed by atoms with Gasteiger partial charge in [-0.25, -0.2) is 0 Å². The van der Waals surface area contributed by atoms with Crippen molar-refractivity contribution in [2.24, 2.45) is 17.8 Å². The molecule has 0 aromatic heterocycles. The number of rotatable bonds is 17. The van der Waals surface area contributed by atoms with E-state index in [2.05, 4.69) is 34.4 Å². The number of benzene rings is 2. The molecule has 3 aliphatic rings. The van der Waals surface area contributed by atoms with E-state index in [1.54, 1.807) is 48.6 Å². The smallest absolute Gasteiger partial charge is 0.313 e. The Morgan fingerprint density at radius 3 is 2.49 bits per heavy atom. The van der Waals surface area contributed by atoms with Crippen LogP contribution in [0.5, 0.6) is 0 Å². The minimum Gasteiger partial charge on any atom is -0.455 e. The van der Waals surface area contributed by atoms with Crippen molar-refractivity contribution in [3.8, 4) is 0 Å². The number of likely N-dealkylation sites (tertiary alicyclic amines) is 1. The molecule has 53 heavy (non-hydrogen) atoms. The topological polar surface area (TPSA) is 135 Å². The van der Waals surface area contributed by atoms with E-state index in [0.717, 1.165) is 5.56 Å². The average molecular weight is 815 g/mol. The minimum absolute atomic E-state index is 0.0299. The quantitative estimate of drug-likeness (QED) is 0.125. The molecule has 1 unspecified atom stereocenters. The fourth-order valence-corrected chi connectivity index (χ4v) is 9.52. The molecule has 0 saturated carbocycles. The highest BCUT2D eigenvalue weighted by Gasteiger charge is 2.78. The highest BCUT2D eigenvalue weighted by atomic mass is 79.9. The predicted octanol–water partition coefficient (Wildman–Crippen LogP) is 5.31. The Morgan fingerprint density at radius 2 is 1.89 bits per heavy atom. The molecular weight excluding hydrogens is 766 g/mol. The first-order valence-electron chi connectivity index (χ1n) is 17.9. The van der Waals surface area contributed by atoms with Crippen LogP contribution in [0.25, 0.3) is 0 Å². The first-order valence-corrected chi connectivity index (χ1v) is 19.2. The molecular formula is C40H49BrClN3O8. The van der Waals surface area contributed by atoms with E-state index >= 15 is 4.79 Å². The molecule has 13 heteroatoms. The van der Waals surface area contributed by atoms with Gasteiger partial charge in [-0.1, -0.05) is 96.0 Å². The largest absolute Gasteiger partial charge is 0.455 e. The second-order valence-electron chi connectivity index (χ2n) is 14.3. The van der Waals surface area contributed by atoms with Gasteiger partial charge >= 0.3 is 5.97 Å². The van der Waals surface area contributed by atoms with Crippen LogP contribution in [0.2, 0.25) is 5.02 Å². The molecule has 2 bridgehead atoms. The van der Waals surface area contributed by atoms with Crippen LogP contribution in [0.1, 0.15) is 50.3 Å². The summed E-state index contributed by atoms with van der Waals surface area (Å²) in [5, 5.41) is 14.0. The number of amides is 3. The van der Waals surface area contributed by atoms with E-state index < -0.39 is 77.0 Å². The van der Waals surface area contributed by atoms with Crippen LogP contribution in [0.15, 0.2) is 73.8 Å². The molecule has 3 fully saturated rings. The Labute approximate surface area is 324 Å². The molecule has 11 nitrogen and oxygen atoms in total. The Bertz CT molecular complexity index is 1670. The number of aliphatic hydroxyl groups excluding tert-OH is 1. The van der Waals surface area contributed by atoms with Gasteiger partial charge in [-0.3, -0.25) is 19.2 Å². The summed E-state index contributed by atoms with van der Waals surface area (Å²) in [6, 6.07) is 11.6. The number of aliphatic hydroxyl groups is 1. The molecule has 3 amide bonds. The monoisotopic (exact) mass is 813 g/mol. The zero-order chi connectivity index (χ0) is 38.6. The zero-order valence-corrected chi connectivity index (χ0v) is 32.9. The van der Waals surface area contributed by atoms with Crippen LogP contribution in [-0.2, 0) is 33.4 Å². The predicted molar refractivity (Wildman–Crippen MR) is 206 cm³/mol. The SMILES string of the molecule is C=CCCC(=O)N[C@@H](COC)[C@@H](OC(=O)[C@@H]1[C@H]2O[C@@]3(CC2Br)[C@H](C(=O)N(CC=C)c2c(C)cccc2Cl)N([C@@H](CO)C(C)C)C(=O)[C@@H]13)c1ccccc1. The van der Waals surface area contributed by atoms with Crippen molar-refractivity contribution >= 4 is 56.9 Å².